The molecule has 0 atom stereocenters. The molecule has 4 rings (SSSR count). The summed E-state index contributed by atoms with van der Waals surface area (Å²) in [4.78, 5) is 19.8. The summed E-state index contributed by atoms with van der Waals surface area (Å²) in [5.74, 6) is 0.861. The van der Waals surface area contributed by atoms with Crippen LogP contribution in [-0.2, 0) is 6.42 Å². The molecule has 0 saturated carbocycles. The Kier molecular flexibility index (Phi) is 4.81. The zero-order chi connectivity index (χ0) is 18.8. The van der Waals surface area contributed by atoms with E-state index in [2.05, 4.69) is 17.1 Å². The van der Waals surface area contributed by atoms with Gasteiger partial charge in [-0.15, -0.1) is 0 Å². The van der Waals surface area contributed by atoms with Crippen LogP contribution in [0, 0.1) is 0 Å². The molecule has 1 fully saturated rings. The lowest BCUT2D eigenvalue weighted by atomic mass is 10.0. The second kappa shape index (κ2) is 7.40. The maximum absolute atomic E-state index is 12.8. The van der Waals surface area contributed by atoms with Gasteiger partial charge in [0, 0.05) is 44.0 Å². The molecular formula is C21H24N4O2. The van der Waals surface area contributed by atoms with Crippen LogP contribution < -0.4 is 20.5 Å². The highest BCUT2D eigenvalue weighted by Crippen LogP contribution is 2.26. The van der Waals surface area contributed by atoms with Gasteiger partial charge in [0.25, 0.3) is 5.56 Å². The van der Waals surface area contributed by atoms with Gasteiger partial charge in [-0.2, -0.15) is 0 Å². The lowest BCUT2D eigenvalue weighted by Crippen LogP contribution is -2.43. The summed E-state index contributed by atoms with van der Waals surface area (Å²) in [7, 11) is 1.67. The number of aromatic nitrogens is 2. The highest BCUT2D eigenvalue weighted by molar-refractivity contribution is 5.65. The molecule has 0 bridgehead atoms. The smallest absolute Gasteiger partial charge is 0.258 e. The molecule has 6 heteroatoms. The van der Waals surface area contributed by atoms with Gasteiger partial charge in [0.1, 0.15) is 11.4 Å². The molecule has 27 heavy (non-hydrogen) atoms. The van der Waals surface area contributed by atoms with Crippen molar-refractivity contribution < 1.29 is 4.74 Å². The number of benzene rings is 1. The van der Waals surface area contributed by atoms with Gasteiger partial charge in [-0.3, -0.25) is 9.20 Å². The Morgan fingerprint density at radius 1 is 1.15 bits per heavy atom. The zero-order valence-corrected chi connectivity index (χ0v) is 15.7. The summed E-state index contributed by atoms with van der Waals surface area (Å²) in [6, 6.07) is 11.5. The van der Waals surface area contributed by atoms with E-state index in [1.165, 1.54) is 0 Å². The molecule has 0 amide bonds. The summed E-state index contributed by atoms with van der Waals surface area (Å²) in [6.07, 6.45) is 2.75. The number of anilines is 1. The normalized spacial score (nSPS) is 14.5. The number of ether oxygens (including phenoxy) is 1. The molecular weight excluding hydrogens is 340 g/mol. The Bertz CT molecular complexity index is 1020. The van der Waals surface area contributed by atoms with E-state index < -0.39 is 0 Å². The maximum atomic E-state index is 12.8. The topological polar surface area (TPSA) is 58.9 Å². The maximum Gasteiger partial charge on any atom is 0.258 e. The summed E-state index contributed by atoms with van der Waals surface area (Å²) in [5.41, 5.74) is 4.36. The molecule has 6 nitrogen and oxygen atoms in total. The van der Waals surface area contributed by atoms with Crippen molar-refractivity contribution in [3.05, 3.63) is 58.5 Å². The standard InChI is InChI=1S/C21H24N4O2/c1-3-15-12-16(4-6-19(15)27-2)18-13-21(26)25-14-17(5-7-20(25)23-18)24-10-8-22-9-11-24/h4-7,12-14,22H,3,8-11H2,1-2H3. The van der Waals surface area contributed by atoms with Crippen LogP contribution in [0.1, 0.15) is 12.5 Å². The average molecular weight is 364 g/mol. The minimum Gasteiger partial charge on any atom is -0.496 e. The first-order chi connectivity index (χ1) is 13.2. The van der Waals surface area contributed by atoms with Gasteiger partial charge < -0.3 is 15.0 Å². The van der Waals surface area contributed by atoms with Gasteiger partial charge in [-0.25, -0.2) is 4.98 Å². The molecule has 2 aromatic heterocycles. The number of nitrogens with one attached hydrogen (secondary N) is 1. The third-order valence-corrected chi connectivity index (χ3v) is 5.08. The Morgan fingerprint density at radius 2 is 1.96 bits per heavy atom. The van der Waals surface area contributed by atoms with Gasteiger partial charge in [0.05, 0.1) is 18.5 Å². The zero-order valence-electron chi connectivity index (χ0n) is 15.7. The second-order valence-corrected chi connectivity index (χ2v) is 6.71. The third kappa shape index (κ3) is 3.40. The fourth-order valence-electron chi connectivity index (χ4n) is 3.56. The highest BCUT2D eigenvalue weighted by atomic mass is 16.5. The van der Waals surface area contributed by atoms with Crippen molar-refractivity contribution in [3.8, 4) is 17.0 Å². The number of fused-ring (bicyclic) bond motifs is 1. The fraction of sp³-hybridized carbons (Fsp3) is 0.333. The van der Waals surface area contributed by atoms with Crippen molar-refractivity contribution >= 4 is 11.3 Å². The first-order valence-electron chi connectivity index (χ1n) is 9.36. The quantitative estimate of drug-likeness (QED) is 0.770. The first kappa shape index (κ1) is 17.5. The molecule has 1 saturated heterocycles. The minimum atomic E-state index is -0.0687. The van der Waals surface area contributed by atoms with E-state index in [0.29, 0.717) is 11.3 Å². The largest absolute Gasteiger partial charge is 0.496 e. The molecule has 1 N–H and O–H groups in total. The van der Waals surface area contributed by atoms with Crippen LogP contribution in [0.25, 0.3) is 16.9 Å². The van der Waals surface area contributed by atoms with Crippen molar-refractivity contribution in [2.24, 2.45) is 0 Å². The molecule has 140 valence electrons. The number of nitrogens with zero attached hydrogens (tertiary/aromatic N) is 3. The molecule has 3 heterocycles. The van der Waals surface area contributed by atoms with E-state index in [9.17, 15) is 4.79 Å². The Hall–Kier alpha value is -2.86. The second-order valence-electron chi connectivity index (χ2n) is 6.71. The third-order valence-electron chi connectivity index (χ3n) is 5.08. The Labute approximate surface area is 158 Å². The number of hydrogen-bond acceptors (Lipinski definition) is 5. The highest BCUT2D eigenvalue weighted by Gasteiger charge is 2.13. The summed E-state index contributed by atoms with van der Waals surface area (Å²) in [5, 5.41) is 3.34. The predicted octanol–water partition coefficient (Wildman–Crippen LogP) is 2.34. The molecule has 1 aliphatic heterocycles. The summed E-state index contributed by atoms with van der Waals surface area (Å²) < 4.78 is 7.03. The number of pyridine rings is 1. The Morgan fingerprint density at radius 3 is 2.70 bits per heavy atom. The molecule has 1 aromatic carbocycles. The van der Waals surface area contributed by atoms with E-state index in [0.717, 1.165) is 55.2 Å². The molecule has 1 aliphatic rings. The first-order valence-corrected chi connectivity index (χ1v) is 9.36. The number of hydrogen-bond donors (Lipinski definition) is 1. The van der Waals surface area contributed by atoms with E-state index in [-0.39, 0.29) is 5.56 Å². The van der Waals surface area contributed by atoms with Gasteiger partial charge in [0.2, 0.25) is 0 Å². The molecule has 0 radical (unpaired) electrons. The van der Waals surface area contributed by atoms with Gasteiger partial charge in [-0.1, -0.05) is 6.92 Å². The van der Waals surface area contributed by atoms with Crippen LogP contribution in [-0.4, -0.2) is 42.7 Å². The molecule has 0 unspecified atom stereocenters. The van der Waals surface area contributed by atoms with E-state index in [1.807, 2.05) is 36.5 Å². The van der Waals surface area contributed by atoms with Crippen LogP contribution in [0.15, 0.2) is 47.4 Å². The average Bonchev–Trinajstić information content (AvgIpc) is 2.73. The minimum absolute atomic E-state index is 0.0687. The molecule has 3 aromatic rings. The van der Waals surface area contributed by atoms with Crippen molar-refractivity contribution in [2.75, 3.05) is 38.2 Å². The predicted molar refractivity (Wildman–Crippen MR) is 108 cm³/mol. The lowest BCUT2D eigenvalue weighted by Gasteiger charge is -2.29. The number of piperazine rings is 1. The van der Waals surface area contributed by atoms with Crippen molar-refractivity contribution in [1.29, 1.82) is 0 Å². The van der Waals surface area contributed by atoms with Crippen LogP contribution in [0.2, 0.25) is 0 Å². The number of methoxy groups -OCH3 is 1. The van der Waals surface area contributed by atoms with Crippen molar-refractivity contribution in [3.63, 3.8) is 0 Å². The molecule has 0 spiro atoms. The van der Waals surface area contributed by atoms with Gasteiger partial charge in [0.15, 0.2) is 0 Å². The van der Waals surface area contributed by atoms with Crippen LogP contribution >= 0.6 is 0 Å². The van der Waals surface area contributed by atoms with Crippen molar-refractivity contribution in [2.45, 2.75) is 13.3 Å². The Balaban J connectivity index is 1.75. The van der Waals surface area contributed by atoms with Crippen LogP contribution in [0.5, 0.6) is 5.75 Å². The van der Waals surface area contributed by atoms with Gasteiger partial charge >= 0.3 is 0 Å². The van der Waals surface area contributed by atoms with Crippen LogP contribution in [0.4, 0.5) is 5.69 Å². The summed E-state index contributed by atoms with van der Waals surface area (Å²) >= 11 is 0. The fourth-order valence-corrected chi connectivity index (χ4v) is 3.56. The SMILES string of the molecule is CCc1cc(-c2cc(=O)n3cc(N4CCNCC4)ccc3n2)ccc1OC. The molecule has 0 aliphatic carbocycles. The lowest BCUT2D eigenvalue weighted by molar-refractivity contribution is 0.410. The van der Waals surface area contributed by atoms with E-state index in [1.54, 1.807) is 17.6 Å². The van der Waals surface area contributed by atoms with E-state index in [4.69, 9.17) is 9.72 Å². The van der Waals surface area contributed by atoms with Gasteiger partial charge in [-0.05, 0) is 42.3 Å². The van der Waals surface area contributed by atoms with Crippen molar-refractivity contribution in [1.82, 2.24) is 14.7 Å². The number of aryl methyl sites for hydroxylation is 1. The monoisotopic (exact) mass is 364 g/mol. The summed E-state index contributed by atoms with van der Waals surface area (Å²) in [6.45, 7) is 5.89. The number of rotatable bonds is 4. The van der Waals surface area contributed by atoms with Crippen LogP contribution in [0.3, 0.4) is 0 Å². The van der Waals surface area contributed by atoms with E-state index >= 15 is 0 Å².